The summed E-state index contributed by atoms with van der Waals surface area (Å²) >= 11 is 0. The average Bonchev–Trinajstić information content (AvgIpc) is 2.66. The molecule has 3 rings (SSSR count). The van der Waals surface area contributed by atoms with Crippen LogP contribution in [0.25, 0.3) is 0 Å². The molecule has 0 saturated carbocycles. The third-order valence-electron chi connectivity index (χ3n) is 5.07. The summed E-state index contributed by atoms with van der Waals surface area (Å²) in [5, 5.41) is 0. The van der Waals surface area contributed by atoms with Crippen LogP contribution in [0.15, 0.2) is 53.4 Å². The van der Waals surface area contributed by atoms with Gasteiger partial charge in [0.15, 0.2) is 0 Å². The molecule has 0 bridgehead atoms. The first-order valence-electron chi connectivity index (χ1n) is 8.67. The predicted octanol–water partition coefficient (Wildman–Crippen LogP) is 2.57. The predicted molar refractivity (Wildman–Crippen MR) is 102 cm³/mol. The molecular weight excluding hydrogens is 348 g/mol. The molecule has 1 atom stereocenters. The van der Waals surface area contributed by atoms with Crippen LogP contribution in [0.5, 0.6) is 0 Å². The lowest BCUT2D eigenvalue weighted by Crippen LogP contribution is -2.40. The number of carbonyl (C=O) groups is 1. The van der Waals surface area contributed by atoms with Gasteiger partial charge in [0.1, 0.15) is 0 Å². The van der Waals surface area contributed by atoms with Crippen molar-refractivity contribution in [3.05, 3.63) is 65.2 Å². The zero-order valence-electron chi connectivity index (χ0n) is 15.3. The van der Waals surface area contributed by atoms with Gasteiger partial charge in [-0.2, -0.15) is 0 Å². The Morgan fingerprint density at radius 3 is 2.19 bits per heavy atom. The number of carbonyl (C=O) groups excluding carboxylic acids is 1. The van der Waals surface area contributed by atoms with Crippen molar-refractivity contribution < 1.29 is 13.2 Å². The highest BCUT2D eigenvalue weighted by molar-refractivity contribution is 7.89. The number of amides is 1. The Morgan fingerprint density at radius 2 is 1.58 bits per heavy atom. The fraction of sp³-hybridized carbons (Fsp3) is 0.350. The summed E-state index contributed by atoms with van der Waals surface area (Å²) in [5.41, 5.74) is 3.17. The molecule has 1 aliphatic rings. The minimum absolute atomic E-state index is 0.0804. The Balaban J connectivity index is 1.75. The van der Waals surface area contributed by atoms with Crippen LogP contribution in [-0.2, 0) is 22.9 Å². The fourth-order valence-electron chi connectivity index (χ4n) is 3.36. The average molecular weight is 372 g/mol. The van der Waals surface area contributed by atoms with Gasteiger partial charge in [-0.3, -0.25) is 4.79 Å². The van der Waals surface area contributed by atoms with E-state index in [-0.39, 0.29) is 16.8 Å². The van der Waals surface area contributed by atoms with Gasteiger partial charge in [-0.05, 0) is 54.7 Å². The first-order valence-corrected chi connectivity index (χ1v) is 10.1. The van der Waals surface area contributed by atoms with Crippen LogP contribution in [-0.4, -0.2) is 50.7 Å². The maximum absolute atomic E-state index is 12.8. The van der Waals surface area contributed by atoms with Gasteiger partial charge in [0.2, 0.25) is 10.0 Å². The van der Waals surface area contributed by atoms with Crippen molar-refractivity contribution in [3.63, 3.8) is 0 Å². The van der Waals surface area contributed by atoms with Gasteiger partial charge in [-0.1, -0.05) is 24.3 Å². The topological polar surface area (TPSA) is 57.7 Å². The zero-order valence-corrected chi connectivity index (χ0v) is 16.2. The summed E-state index contributed by atoms with van der Waals surface area (Å²) in [6, 6.07) is 14.7. The van der Waals surface area contributed by atoms with Crippen molar-refractivity contribution in [3.8, 4) is 0 Å². The van der Waals surface area contributed by atoms with Crippen molar-refractivity contribution in [2.24, 2.45) is 0 Å². The summed E-state index contributed by atoms with van der Waals surface area (Å²) in [4.78, 5) is 14.8. The normalized spacial score (nSPS) is 17.0. The lowest BCUT2D eigenvalue weighted by molar-refractivity contribution is 0.0719. The van der Waals surface area contributed by atoms with Crippen molar-refractivity contribution >= 4 is 15.9 Å². The molecule has 2 aromatic carbocycles. The van der Waals surface area contributed by atoms with E-state index in [1.807, 2.05) is 13.1 Å². The highest BCUT2D eigenvalue weighted by Crippen LogP contribution is 2.25. The van der Waals surface area contributed by atoms with Gasteiger partial charge in [-0.25, -0.2) is 12.7 Å². The van der Waals surface area contributed by atoms with E-state index in [1.165, 1.54) is 37.4 Å². The Morgan fingerprint density at radius 1 is 0.962 bits per heavy atom. The third-order valence-corrected chi connectivity index (χ3v) is 6.90. The molecule has 5 nitrogen and oxygen atoms in total. The standard InChI is InChI=1S/C20H24N2O3S/c1-21(2)26(24,25)19-12-9-16(10-13-19)20(23)22(3)18-11-8-15-6-4-5-7-17(15)14-18/h4-7,9-10,12-13,18H,8,11,14H2,1-3H3. The highest BCUT2D eigenvalue weighted by Gasteiger charge is 2.26. The van der Waals surface area contributed by atoms with Gasteiger partial charge in [0.25, 0.3) is 5.91 Å². The summed E-state index contributed by atoms with van der Waals surface area (Å²) < 4.78 is 25.4. The second-order valence-electron chi connectivity index (χ2n) is 6.89. The molecule has 0 N–H and O–H groups in total. The number of rotatable bonds is 4. The summed E-state index contributed by atoms with van der Waals surface area (Å²) in [7, 11) is 1.32. The second-order valence-corrected chi connectivity index (χ2v) is 9.05. The molecule has 0 fully saturated rings. The molecule has 0 saturated heterocycles. The van der Waals surface area contributed by atoms with E-state index >= 15 is 0 Å². The number of likely N-dealkylation sites (N-methyl/N-ethyl adjacent to an activating group) is 1. The molecule has 138 valence electrons. The first kappa shape index (κ1) is 18.6. The van der Waals surface area contributed by atoms with Gasteiger partial charge in [0, 0.05) is 32.7 Å². The monoisotopic (exact) mass is 372 g/mol. The highest BCUT2D eigenvalue weighted by atomic mass is 32.2. The Kier molecular flexibility index (Phi) is 5.16. The van der Waals surface area contributed by atoms with E-state index in [0.29, 0.717) is 5.56 Å². The Labute approximate surface area is 155 Å². The fourth-order valence-corrected chi connectivity index (χ4v) is 4.26. The number of sulfonamides is 1. The van der Waals surface area contributed by atoms with Crippen LogP contribution in [0.2, 0.25) is 0 Å². The minimum Gasteiger partial charge on any atom is -0.338 e. The number of nitrogens with zero attached hydrogens (tertiary/aromatic N) is 2. The molecule has 6 heteroatoms. The van der Waals surface area contributed by atoms with E-state index in [4.69, 9.17) is 0 Å². The molecule has 1 aliphatic carbocycles. The summed E-state index contributed by atoms with van der Waals surface area (Å²) in [6.45, 7) is 0. The number of aryl methyl sites for hydroxylation is 1. The lowest BCUT2D eigenvalue weighted by Gasteiger charge is -2.32. The van der Waals surface area contributed by atoms with Crippen molar-refractivity contribution in [2.75, 3.05) is 21.1 Å². The quantitative estimate of drug-likeness (QED) is 0.829. The number of benzene rings is 2. The first-order chi connectivity index (χ1) is 12.3. The maximum atomic E-state index is 12.8. The Hall–Kier alpha value is -2.18. The van der Waals surface area contributed by atoms with E-state index in [2.05, 4.69) is 18.2 Å². The van der Waals surface area contributed by atoms with Crippen LogP contribution in [0.3, 0.4) is 0 Å². The summed E-state index contributed by atoms with van der Waals surface area (Å²) in [6.07, 6.45) is 2.76. The van der Waals surface area contributed by atoms with Crippen LogP contribution < -0.4 is 0 Å². The Bertz CT molecular complexity index is 905. The lowest BCUT2D eigenvalue weighted by atomic mass is 9.87. The van der Waals surface area contributed by atoms with Crippen molar-refractivity contribution in [1.82, 2.24) is 9.21 Å². The maximum Gasteiger partial charge on any atom is 0.253 e. The van der Waals surface area contributed by atoms with Crippen molar-refractivity contribution in [1.29, 1.82) is 0 Å². The van der Waals surface area contributed by atoms with Crippen LogP contribution in [0.4, 0.5) is 0 Å². The van der Waals surface area contributed by atoms with Gasteiger partial charge in [-0.15, -0.1) is 0 Å². The molecule has 0 aliphatic heterocycles. The van der Waals surface area contributed by atoms with E-state index in [1.54, 1.807) is 17.0 Å². The molecular formula is C20H24N2O3S. The number of fused-ring (bicyclic) bond motifs is 1. The van der Waals surface area contributed by atoms with Gasteiger partial charge >= 0.3 is 0 Å². The molecule has 0 radical (unpaired) electrons. The van der Waals surface area contributed by atoms with E-state index < -0.39 is 10.0 Å². The van der Waals surface area contributed by atoms with Crippen LogP contribution in [0, 0.1) is 0 Å². The minimum atomic E-state index is -3.49. The smallest absolute Gasteiger partial charge is 0.253 e. The van der Waals surface area contributed by atoms with Crippen LogP contribution in [0.1, 0.15) is 27.9 Å². The molecule has 26 heavy (non-hydrogen) atoms. The number of hydrogen-bond donors (Lipinski definition) is 0. The molecule has 0 spiro atoms. The largest absolute Gasteiger partial charge is 0.338 e. The second kappa shape index (κ2) is 7.21. The van der Waals surface area contributed by atoms with E-state index in [0.717, 1.165) is 23.6 Å². The van der Waals surface area contributed by atoms with Crippen molar-refractivity contribution in [2.45, 2.75) is 30.2 Å². The molecule has 1 amide bonds. The third kappa shape index (κ3) is 3.52. The number of hydrogen-bond acceptors (Lipinski definition) is 3. The van der Waals surface area contributed by atoms with E-state index in [9.17, 15) is 13.2 Å². The van der Waals surface area contributed by atoms with Gasteiger partial charge < -0.3 is 4.90 Å². The van der Waals surface area contributed by atoms with Gasteiger partial charge in [0.05, 0.1) is 4.90 Å². The molecule has 0 aromatic heterocycles. The van der Waals surface area contributed by atoms with Crippen LogP contribution >= 0.6 is 0 Å². The summed E-state index contributed by atoms with van der Waals surface area (Å²) in [5.74, 6) is -0.0804. The SMILES string of the molecule is CN(C(=O)c1ccc(S(=O)(=O)N(C)C)cc1)C1CCc2ccccc2C1. The molecule has 2 aromatic rings. The molecule has 1 unspecified atom stereocenters. The molecule has 0 heterocycles. The zero-order chi connectivity index (χ0) is 18.9.